The molecular weight excluding hydrogens is 289 g/mol. The van der Waals surface area contributed by atoms with Gasteiger partial charge in [-0.1, -0.05) is 38.8 Å². The summed E-state index contributed by atoms with van der Waals surface area (Å²) in [6.45, 7) is 1.98. The van der Waals surface area contributed by atoms with Crippen molar-refractivity contribution >= 4 is 27.5 Å². The quantitative estimate of drug-likeness (QED) is 0.815. The Hall–Kier alpha value is -0.870. The van der Waals surface area contributed by atoms with Crippen LogP contribution in [-0.4, -0.2) is 20.3 Å². The predicted molar refractivity (Wildman–Crippen MR) is 68.6 cm³/mol. The standard InChI is InChI=1S/C11H11BrClN3/c1-8-10(13)3-2-4-11(8)16-7-9(5-6-12)14-15-16/h2-4,7H,5-6H2,1H3. The van der Waals surface area contributed by atoms with Crippen LogP contribution >= 0.6 is 27.5 Å². The van der Waals surface area contributed by atoms with Crippen molar-refractivity contribution in [1.29, 1.82) is 0 Å². The Labute approximate surface area is 108 Å². The Morgan fingerprint density at radius 3 is 3.00 bits per heavy atom. The van der Waals surface area contributed by atoms with E-state index in [1.807, 2.05) is 31.3 Å². The molecule has 0 saturated heterocycles. The fraction of sp³-hybridized carbons (Fsp3) is 0.273. The Morgan fingerprint density at radius 1 is 1.44 bits per heavy atom. The van der Waals surface area contributed by atoms with E-state index in [1.54, 1.807) is 4.68 Å². The molecule has 1 aromatic carbocycles. The molecule has 0 amide bonds. The lowest BCUT2D eigenvalue weighted by Crippen LogP contribution is -1.98. The van der Waals surface area contributed by atoms with Crippen molar-refractivity contribution in [1.82, 2.24) is 15.0 Å². The van der Waals surface area contributed by atoms with E-state index in [9.17, 15) is 0 Å². The molecule has 0 saturated carbocycles. The fourth-order valence-corrected chi connectivity index (χ4v) is 2.05. The molecular formula is C11H11BrClN3. The number of alkyl halides is 1. The Bertz CT molecular complexity index is 496. The maximum Gasteiger partial charge on any atom is 0.0840 e. The van der Waals surface area contributed by atoms with Gasteiger partial charge in [0.25, 0.3) is 0 Å². The molecule has 0 spiro atoms. The zero-order valence-corrected chi connectivity index (χ0v) is 11.2. The van der Waals surface area contributed by atoms with Gasteiger partial charge >= 0.3 is 0 Å². The highest BCUT2D eigenvalue weighted by atomic mass is 79.9. The summed E-state index contributed by atoms with van der Waals surface area (Å²) < 4.78 is 1.76. The number of rotatable bonds is 3. The van der Waals surface area contributed by atoms with Crippen molar-refractivity contribution in [3.63, 3.8) is 0 Å². The van der Waals surface area contributed by atoms with Gasteiger partial charge in [0.2, 0.25) is 0 Å². The highest BCUT2D eigenvalue weighted by Crippen LogP contribution is 2.21. The first kappa shape index (κ1) is 11.6. The summed E-state index contributed by atoms with van der Waals surface area (Å²) in [6, 6.07) is 5.76. The van der Waals surface area contributed by atoms with E-state index >= 15 is 0 Å². The summed E-state index contributed by atoms with van der Waals surface area (Å²) in [5.74, 6) is 0. The number of hydrogen-bond acceptors (Lipinski definition) is 2. The molecule has 1 aromatic heterocycles. The van der Waals surface area contributed by atoms with Crippen molar-refractivity contribution < 1.29 is 0 Å². The Kier molecular flexibility index (Phi) is 3.61. The number of aryl methyl sites for hydroxylation is 1. The van der Waals surface area contributed by atoms with Gasteiger partial charge in [0.15, 0.2) is 0 Å². The molecule has 16 heavy (non-hydrogen) atoms. The van der Waals surface area contributed by atoms with Crippen LogP contribution < -0.4 is 0 Å². The summed E-state index contributed by atoms with van der Waals surface area (Å²) in [6.07, 6.45) is 2.81. The van der Waals surface area contributed by atoms with Gasteiger partial charge in [-0.05, 0) is 24.6 Å². The van der Waals surface area contributed by atoms with Crippen LogP contribution in [0.15, 0.2) is 24.4 Å². The van der Waals surface area contributed by atoms with E-state index in [2.05, 4.69) is 26.2 Å². The van der Waals surface area contributed by atoms with Gasteiger partial charge in [0, 0.05) is 16.8 Å². The molecule has 0 aliphatic heterocycles. The molecule has 84 valence electrons. The van der Waals surface area contributed by atoms with Crippen molar-refractivity contribution in [2.75, 3.05) is 5.33 Å². The zero-order chi connectivity index (χ0) is 11.5. The second kappa shape index (κ2) is 4.97. The van der Waals surface area contributed by atoms with Crippen LogP contribution in [0.4, 0.5) is 0 Å². The fourth-order valence-electron chi connectivity index (χ4n) is 1.47. The van der Waals surface area contributed by atoms with Gasteiger partial charge in [-0.2, -0.15) is 0 Å². The van der Waals surface area contributed by atoms with E-state index < -0.39 is 0 Å². The molecule has 0 aliphatic rings. The van der Waals surface area contributed by atoms with E-state index in [4.69, 9.17) is 11.6 Å². The van der Waals surface area contributed by atoms with Crippen LogP contribution in [-0.2, 0) is 6.42 Å². The summed E-state index contributed by atoms with van der Waals surface area (Å²) in [5.41, 5.74) is 2.96. The van der Waals surface area contributed by atoms with E-state index in [0.717, 1.165) is 33.7 Å². The Balaban J connectivity index is 2.39. The van der Waals surface area contributed by atoms with Crippen LogP contribution in [0.25, 0.3) is 5.69 Å². The van der Waals surface area contributed by atoms with E-state index in [0.29, 0.717) is 0 Å². The van der Waals surface area contributed by atoms with Crippen molar-refractivity contribution in [2.45, 2.75) is 13.3 Å². The lowest BCUT2D eigenvalue weighted by atomic mass is 10.2. The van der Waals surface area contributed by atoms with Crippen molar-refractivity contribution in [3.8, 4) is 5.69 Å². The van der Waals surface area contributed by atoms with Gasteiger partial charge in [-0.3, -0.25) is 0 Å². The highest BCUT2D eigenvalue weighted by molar-refractivity contribution is 9.09. The van der Waals surface area contributed by atoms with Crippen LogP contribution in [0, 0.1) is 6.92 Å². The molecule has 1 heterocycles. The van der Waals surface area contributed by atoms with Gasteiger partial charge in [0.1, 0.15) is 0 Å². The van der Waals surface area contributed by atoms with Crippen LogP contribution in [0.1, 0.15) is 11.3 Å². The molecule has 0 N–H and O–H groups in total. The van der Waals surface area contributed by atoms with Gasteiger partial charge in [-0.15, -0.1) is 5.10 Å². The molecule has 2 rings (SSSR count). The third-order valence-electron chi connectivity index (χ3n) is 2.38. The maximum absolute atomic E-state index is 6.06. The first-order chi connectivity index (χ1) is 7.72. The van der Waals surface area contributed by atoms with Crippen LogP contribution in [0.2, 0.25) is 5.02 Å². The minimum Gasteiger partial charge on any atom is -0.220 e. The molecule has 0 aliphatic carbocycles. The summed E-state index contributed by atoms with van der Waals surface area (Å²) >= 11 is 9.44. The van der Waals surface area contributed by atoms with E-state index in [1.165, 1.54) is 0 Å². The number of benzene rings is 1. The van der Waals surface area contributed by atoms with Gasteiger partial charge < -0.3 is 0 Å². The zero-order valence-electron chi connectivity index (χ0n) is 8.82. The SMILES string of the molecule is Cc1c(Cl)cccc1-n1cc(CCBr)nn1. The molecule has 0 bridgehead atoms. The topological polar surface area (TPSA) is 30.7 Å². The molecule has 0 unspecified atom stereocenters. The Morgan fingerprint density at radius 2 is 2.25 bits per heavy atom. The third-order valence-corrected chi connectivity index (χ3v) is 3.18. The number of hydrogen-bond donors (Lipinski definition) is 0. The van der Waals surface area contributed by atoms with Gasteiger partial charge in [0.05, 0.1) is 17.6 Å². The monoisotopic (exact) mass is 299 g/mol. The molecule has 0 atom stereocenters. The minimum atomic E-state index is 0.745. The summed E-state index contributed by atoms with van der Waals surface area (Å²) in [5, 5.41) is 9.82. The second-order valence-electron chi connectivity index (χ2n) is 3.48. The van der Waals surface area contributed by atoms with Crippen LogP contribution in [0.3, 0.4) is 0 Å². The summed E-state index contributed by atoms with van der Waals surface area (Å²) in [7, 11) is 0. The number of nitrogens with zero attached hydrogens (tertiary/aromatic N) is 3. The number of halogens is 2. The third kappa shape index (κ3) is 2.28. The normalized spacial score (nSPS) is 10.7. The molecule has 0 fully saturated rings. The average Bonchev–Trinajstić information content (AvgIpc) is 2.71. The second-order valence-corrected chi connectivity index (χ2v) is 4.68. The largest absolute Gasteiger partial charge is 0.220 e. The predicted octanol–water partition coefficient (Wildman–Crippen LogP) is 3.17. The first-order valence-corrected chi connectivity index (χ1v) is 6.45. The summed E-state index contributed by atoms with van der Waals surface area (Å²) in [4.78, 5) is 0. The lowest BCUT2D eigenvalue weighted by molar-refractivity contribution is 0.794. The highest BCUT2D eigenvalue weighted by Gasteiger charge is 2.06. The molecule has 3 nitrogen and oxygen atoms in total. The van der Waals surface area contributed by atoms with Crippen LogP contribution in [0.5, 0.6) is 0 Å². The lowest BCUT2D eigenvalue weighted by Gasteiger charge is -2.05. The molecule has 0 radical (unpaired) electrons. The van der Waals surface area contributed by atoms with Gasteiger partial charge in [-0.25, -0.2) is 4.68 Å². The molecule has 5 heteroatoms. The van der Waals surface area contributed by atoms with Crippen molar-refractivity contribution in [2.24, 2.45) is 0 Å². The van der Waals surface area contributed by atoms with Crippen molar-refractivity contribution in [3.05, 3.63) is 40.7 Å². The minimum absolute atomic E-state index is 0.745. The smallest absolute Gasteiger partial charge is 0.0840 e. The molecule has 2 aromatic rings. The maximum atomic E-state index is 6.06. The first-order valence-electron chi connectivity index (χ1n) is 4.95. The number of aromatic nitrogens is 3. The average molecular weight is 301 g/mol. The van der Waals surface area contributed by atoms with E-state index in [-0.39, 0.29) is 0 Å².